The Balaban J connectivity index is 1.47. The number of hydrogen-bond acceptors (Lipinski definition) is 7. The lowest BCUT2D eigenvalue weighted by molar-refractivity contribution is -0.384. The molecule has 1 aliphatic heterocycles. The maximum Gasteiger partial charge on any atom is 0.269 e. The number of nitrogens with one attached hydrogen (secondary N) is 1. The zero-order valence-electron chi connectivity index (χ0n) is 17.9. The summed E-state index contributed by atoms with van der Waals surface area (Å²) in [5.41, 5.74) is 1.61. The number of methoxy groups -OCH3 is 1. The Hall–Kier alpha value is -4.18. The number of para-hydroxylation sites is 1. The van der Waals surface area contributed by atoms with Gasteiger partial charge in [-0.2, -0.15) is 0 Å². The minimum absolute atomic E-state index is 0.00893. The van der Waals surface area contributed by atoms with Gasteiger partial charge in [0.2, 0.25) is 0 Å². The summed E-state index contributed by atoms with van der Waals surface area (Å²) in [4.78, 5) is 27.2. The summed E-state index contributed by atoms with van der Waals surface area (Å²) >= 11 is 1.11. The average Bonchev–Trinajstić information content (AvgIpc) is 3.18. The Bertz CT molecular complexity index is 1310. The van der Waals surface area contributed by atoms with E-state index in [0.29, 0.717) is 22.0 Å². The van der Waals surface area contributed by atoms with Crippen molar-refractivity contribution in [2.45, 2.75) is 6.61 Å². The van der Waals surface area contributed by atoms with E-state index >= 15 is 0 Å². The number of hydrogen-bond donors (Lipinski definition) is 1. The van der Waals surface area contributed by atoms with Gasteiger partial charge in [-0.25, -0.2) is 9.38 Å². The number of amides is 1. The van der Waals surface area contributed by atoms with Crippen LogP contribution in [0.3, 0.4) is 0 Å². The second kappa shape index (κ2) is 10.2. The molecule has 0 unspecified atom stereocenters. The third-order valence-electron chi connectivity index (χ3n) is 4.75. The Kier molecular flexibility index (Phi) is 6.88. The van der Waals surface area contributed by atoms with E-state index in [0.717, 1.165) is 17.3 Å². The predicted octanol–water partition coefficient (Wildman–Crippen LogP) is 5.21. The van der Waals surface area contributed by atoms with Gasteiger partial charge in [0, 0.05) is 12.1 Å². The topological polar surface area (TPSA) is 103 Å². The van der Waals surface area contributed by atoms with Gasteiger partial charge in [-0.15, -0.1) is 0 Å². The molecule has 1 N–H and O–H groups in total. The first-order valence-electron chi connectivity index (χ1n) is 10.0. The van der Waals surface area contributed by atoms with Crippen LogP contribution in [0.5, 0.6) is 11.5 Å². The quantitative estimate of drug-likeness (QED) is 0.283. The Labute approximate surface area is 198 Å². The summed E-state index contributed by atoms with van der Waals surface area (Å²) in [7, 11) is 1.50. The van der Waals surface area contributed by atoms with Gasteiger partial charge in [0.25, 0.3) is 11.6 Å². The molecule has 172 valence electrons. The molecule has 0 aliphatic carbocycles. The number of non-ortho nitro benzene ring substituents is 1. The fourth-order valence-electron chi connectivity index (χ4n) is 3.05. The Morgan fingerprint density at radius 3 is 2.59 bits per heavy atom. The lowest BCUT2D eigenvalue weighted by atomic mass is 10.2. The molecule has 3 aromatic rings. The molecule has 4 rings (SSSR count). The van der Waals surface area contributed by atoms with Gasteiger partial charge in [0.05, 0.1) is 16.9 Å². The van der Waals surface area contributed by atoms with Crippen molar-refractivity contribution in [3.63, 3.8) is 0 Å². The number of thioether (sulfide) groups is 1. The summed E-state index contributed by atoms with van der Waals surface area (Å²) < 4.78 is 25.0. The first-order valence-corrected chi connectivity index (χ1v) is 10.8. The van der Waals surface area contributed by atoms with Crippen molar-refractivity contribution in [3.05, 3.63) is 98.7 Å². The number of rotatable bonds is 7. The summed E-state index contributed by atoms with van der Waals surface area (Å²) in [5, 5.41) is 13.7. The number of aliphatic imine (C=N–C) groups is 1. The predicted molar refractivity (Wildman–Crippen MR) is 128 cm³/mol. The van der Waals surface area contributed by atoms with E-state index in [-0.39, 0.29) is 29.1 Å². The molecule has 0 saturated carbocycles. The molecule has 1 fully saturated rings. The van der Waals surface area contributed by atoms with Crippen molar-refractivity contribution in [2.24, 2.45) is 4.99 Å². The molecule has 1 saturated heterocycles. The highest BCUT2D eigenvalue weighted by Crippen LogP contribution is 2.33. The lowest BCUT2D eigenvalue weighted by Crippen LogP contribution is -2.19. The van der Waals surface area contributed by atoms with Crippen LogP contribution in [0.25, 0.3) is 6.08 Å². The van der Waals surface area contributed by atoms with Crippen molar-refractivity contribution < 1.29 is 23.6 Å². The molecule has 1 amide bonds. The molecule has 0 radical (unpaired) electrons. The average molecular weight is 479 g/mol. The molecule has 34 heavy (non-hydrogen) atoms. The van der Waals surface area contributed by atoms with Gasteiger partial charge in [0.15, 0.2) is 16.7 Å². The van der Waals surface area contributed by atoms with E-state index in [1.54, 1.807) is 48.5 Å². The van der Waals surface area contributed by atoms with Crippen LogP contribution in [0.2, 0.25) is 0 Å². The highest BCUT2D eigenvalue weighted by molar-refractivity contribution is 8.18. The number of carbonyl (C=O) groups is 1. The van der Waals surface area contributed by atoms with Crippen LogP contribution in [-0.4, -0.2) is 23.1 Å². The van der Waals surface area contributed by atoms with E-state index in [4.69, 9.17) is 9.47 Å². The summed E-state index contributed by atoms with van der Waals surface area (Å²) in [6.45, 7) is 0.197. The Morgan fingerprint density at radius 2 is 1.88 bits per heavy atom. The van der Waals surface area contributed by atoms with Crippen molar-refractivity contribution in [1.29, 1.82) is 0 Å². The van der Waals surface area contributed by atoms with Crippen LogP contribution >= 0.6 is 11.8 Å². The molecule has 0 spiro atoms. The molecule has 1 aliphatic rings. The Morgan fingerprint density at radius 1 is 1.12 bits per heavy atom. The lowest BCUT2D eigenvalue weighted by Gasteiger charge is -2.11. The maximum absolute atomic E-state index is 13.8. The van der Waals surface area contributed by atoms with Gasteiger partial charge in [-0.05, 0) is 65.4 Å². The van der Waals surface area contributed by atoms with E-state index in [2.05, 4.69) is 10.3 Å². The summed E-state index contributed by atoms with van der Waals surface area (Å²) in [5.74, 6) is 0.127. The molecule has 3 aromatic carbocycles. The van der Waals surface area contributed by atoms with E-state index < -0.39 is 10.7 Å². The van der Waals surface area contributed by atoms with Crippen LogP contribution in [0.15, 0.2) is 76.6 Å². The number of halogens is 1. The van der Waals surface area contributed by atoms with Crippen LogP contribution in [0.4, 0.5) is 15.8 Å². The molecule has 8 nitrogen and oxygen atoms in total. The van der Waals surface area contributed by atoms with Gasteiger partial charge in [0.1, 0.15) is 18.1 Å². The number of nitrogens with zero attached hydrogens (tertiary/aromatic N) is 2. The monoisotopic (exact) mass is 479 g/mol. The molecule has 0 atom stereocenters. The molecular formula is C24H18FN3O5S. The smallest absolute Gasteiger partial charge is 0.269 e. The molecule has 10 heteroatoms. The number of amidine groups is 1. The zero-order valence-corrected chi connectivity index (χ0v) is 18.7. The SMILES string of the molecule is COc1cc(/C=C2\SC(=Nc3ccccc3F)NC2=O)ccc1OCc1ccc([N+](=O)[O-])cc1. The summed E-state index contributed by atoms with van der Waals surface area (Å²) in [6.07, 6.45) is 1.67. The second-order valence-corrected chi connectivity index (χ2v) is 8.09. The van der Waals surface area contributed by atoms with Crippen molar-refractivity contribution in [2.75, 3.05) is 7.11 Å². The van der Waals surface area contributed by atoms with Crippen molar-refractivity contribution in [3.8, 4) is 11.5 Å². The van der Waals surface area contributed by atoms with Crippen molar-refractivity contribution in [1.82, 2.24) is 5.32 Å². The third-order valence-corrected chi connectivity index (χ3v) is 5.66. The first-order chi connectivity index (χ1) is 16.4. The van der Waals surface area contributed by atoms with Crippen LogP contribution in [-0.2, 0) is 11.4 Å². The minimum Gasteiger partial charge on any atom is -0.493 e. The van der Waals surface area contributed by atoms with Gasteiger partial charge in [-0.1, -0.05) is 18.2 Å². The molecule has 1 heterocycles. The maximum atomic E-state index is 13.8. The second-order valence-electron chi connectivity index (χ2n) is 7.06. The largest absolute Gasteiger partial charge is 0.493 e. The van der Waals surface area contributed by atoms with E-state index in [9.17, 15) is 19.3 Å². The number of nitro benzene ring substituents is 1. The minimum atomic E-state index is -0.476. The van der Waals surface area contributed by atoms with Crippen molar-refractivity contribution >= 4 is 40.3 Å². The van der Waals surface area contributed by atoms with E-state index in [1.807, 2.05) is 0 Å². The van der Waals surface area contributed by atoms with Gasteiger partial charge < -0.3 is 14.8 Å². The number of ether oxygens (including phenoxy) is 2. The fourth-order valence-corrected chi connectivity index (χ4v) is 3.89. The number of carbonyl (C=O) groups excluding carboxylic acids is 1. The molecule has 0 aromatic heterocycles. The highest BCUT2D eigenvalue weighted by Gasteiger charge is 2.24. The first kappa shape index (κ1) is 23.0. The number of nitro groups is 1. The van der Waals surface area contributed by atoms with Crippen LogP contribution < -0.4 is 14.8 Å². The fraction of sp³-hybridized carbons (Fsp3) is 0.0833. The zero-order chi connectivity index (χ0) is 24.1. The van der Waals surface area contributed by atoms with E-state index in [1.165, 1.54) is 31.4 Å². The highest BCUT2D eigenvalue weighted by atomic mass is 32.2. The number of benzene rings is 3. The molecular weight excluding hydrogens is 461 g/mol. The normalized spacial score (nSPS) is 15.4. The van der Waals surface area contributed by atoms with Crippen LogP contribution in [0, 0.1) is 15.9 Å². The van der Waals surface area contributed by atoms with Gasteiger partial charge >= 0.3 is 0 Å². The summed E-state index contributed by atoms with van der Waals surface area (Å²) in [6, 6.07) is 17.3. The van der Waals surface area contributed by atoms with Gasteiger partial charge in [-0.3, -0.25) is 14.9 Å². The third kappa shape index (κ3) is 5.41. The standard InChI is InChI=1S/C24H18FN3O5S/c1-32-21-12-16(8-11-20(21)33-14-15-6-9-17(10-7-15)28(30)31)13-22-23(29)27-24(34-22)26-19-5-3-2-4-18(19)25/h2-13H,14H2,1H3,(H,26,27,29)/b22-13-. The van der Waals surface area contributed by atoms with Crippen LogP contribution in [0.1, 0.15) is 11.1 Å². The molecule has 0 bridgehead atoms.